The van der Waals surface area contributed by atoms with Crippen LogP contribution in [0.15, 0.2) is 27.2 Å². The molecule has 2 rings (SSSR count). The number of hydrogen-bond acceptors (Lipinski definition) is 4. The van der Waals surface area contributed by atoms with Gasteiger partial charge in [0.05, 0.1) is 5.56 Å². The van der Waals surface area contributed by atoms with Gasteiger partial charge in [-0.1, -0.05) is 41.9 Å². The molecule has 0 atom stereocenters. The Morgan fingerprint density at radius 3 is 2.67 bits per heavy atom. The minimum Gasteiger partial charge on any atom is -0.507 e. The molecule has 0 aliphatic carbocycles. The Kier molecular flexibility index (Phi) is 3.43. The smallest absolute Gasteiger partial charge is 0.261 e. The van der Waals surface area contributed by atoms with Crippen molar-refractivity contribution < 1.29 is 9.63 Å². The zero-order valence-corrected chi connectivity index (χ0v) is 12.2. The molecule has 96 valence electrons. The van der Waals surface area contributed by atoms with E-state index in [0.29, 0.717) is 17.3 Å². The molecule has 0 saturated carbocycles. The van der Waals surface area contributed by atoms with Gasteiger partial charge >= 0.3 is 0 Å². The summed E-state index contributed by atoms with van der Waals surface area (Å²) in [5.41, 5.74) is 0.647. The van der Waals surface area contributed by atoms with Crippen molar-refractivity contribution in [3.63, 3.8) is 0 Å². The second-order valence-electron chi connectivity index (χ2n) is 5.41. The molecule has 0 saturated heterocycles. The van der Waals surface area contributed by atoms with Crippen LogP contribution in [-0.4, -0.2) is 15.2 Å². The third-order valence-electron chi connectivity index (χ3n) is 2.35. The lowest BCUT2D eigenvalue weighted by Gasteiger charge is -2.14. The van der Waals surface area contributed by atoms with Gasteiger partial charge in [0.25, 0.3) is 5.89 Å². The van der Waals surface area contributed by atoms with Crippen molar-refractivity contribution in [3.8, 4) is 17.2 Å². The van der Waals surface area contributed by atoms with Crippen LogP contribution in [0.3, 0.4) is 0 Å². The van der Waals surface area contributed by atoms with E-state index in [0.717, 1.165) is 10.9 Å². The summed E-state index contributed by atoms with van der Waals surface area (Å²) in [4.78, 5) is 4.30. The third-order valence-corrected chi connectivity index (χ3v) is 2.84. The molecule has 1 heterocycles. The van der Waals surface area contributed by atoms with Gasteiger partial charge in [-0.2, -0.15) is 4.98 Å². The maximum absolute atomic E-state index is 9.83. The van der Waals surface area contributed by atoms with Crippen LogP contribution in [0.5, 0.6) is 5.75 Å². The molecule has 0 unspecified atom stereocenters. The average Bonchev–Trinajstić information content (AvgIpc) is 2.63. The molecule has 0 fully saturated rings. The van der Waals surface area contributed by atoms with E-state index in [1.807, 2.05) is 6.07 Å². The van der Waals surface area contributed by atoms with E-state index in [-0.39, 0.29) is 11.2 Å². The van der Waals surface area contributed by atoms with Crippen LogP contribution in [0.1, 0.15) is 26.6 Å². The first-order valence-electron chi connectivity index (χ1n) is 5.67. The highest BCUT2D eigenvalue weighted by Gasteiger charge is 2.18. The van der Waals surface area contributed by atoms with Crippen LogP contribution in [-0.2, 0) is 6.42 Å². The summed E-state index contributed by atoms with van der Waals surface area (Å²) in [5.74, 6) is 1.12. The standard InChI is InChI=1S/C13H15BrN2O2/c1-13(2,3)7-11-15-12(18-16-11)9-5-4-8(14)6-10(9)17/h4-6,17H,7H2,1-3H3. The van der Waals surface area contributed by atoms with Crippen molar-refractivity contribution in [1.82, 2.24) is 10.1 Å². The van der Waals surface area contributed by atoms with E-state index in [4.69, 9.17) is 4.52 Å². The Morgan fingerprint density at radius 2 is 2.06 bits per heavy atom. The lowest BCUT2D eigenvalue weighted by Crippen LogP contribution is -2.10. The highest BCUT2D eigenvalue weighted by molar-refractivity contribution is 9.10. The Balaban J connectivity index is 2.29. The van der Waals surface area contributed by atoms with Gasteiger partial charge in [-0.25, -0.2) is 0 Å². The van der Waals surface area contributed by atoms with E-state index in [2.05, 4.69) is 46.8 Å². The molecule has 18 heavy (non-hydrogen) atoms. The normalized spacial score (nSPS) is 11.8. The summed E-state index contributed by atoms with van der Waals surface area (Å²) < 4.78 is 5.98. The molecule has 0 aliphatic heterocycles. The number of halogens is 1. The lowest BCUT2D eigenvalue weighted by molar-refractivity contribution is 0.374. The fourth-order valence-electron chi connectivity index (χ4n) is 1.60. The Labute approximate surface area is 114 Å². The summed E-state index contributed by atoms with van der Waals surface area (Å²) in [5, 5.41) is 13.8. The number of benzene rings is 1. The quantitative estimate of drug-likeness (QED) is 0.916. The second kappa shape index (κ2) is 4.72. The first kappa shape index (κ1) is 13.1. The maximum Gasteiger partial charge on any atom is 0.261 e. The average molecular weight is 311 g/mol. The van der Waals surface area contributed by atoms with Gasteiger partial charge in [-0.15, -0.1) is 0 Å². The highest BCUT2D eigenvalue weighted by Crippen LogP contribution is 2.31. The predicted molar refractivity (Wildman–Crippen MR) is 72.3 cm³/mol. The number of nitrogens with zero attached hydrogens (tertiary/aromatic N) is 2. The van der Waals surface area contributed by atoms with E-state index < -0.39 is 0 Å². The topological polar surface area (TPSA) is 59.2 Å². The van der Waals surface area contributed by atoms with Gasteiger partial charge in [-0.3, -0.25) is 0 Å². The monoisotopic (exact) mass is 310 g/mol. The van der Waals surface area contributed by atoms with Crippen molar-refractivity contribution in [2.24, 2.45) is 5.41 Å². The zero-order valence-electron chi connectivity index (χ0n) is 10.6. The SMILES string of the molecule is CC(C)(C)Cc1noc(-c2ccc(Br)cc2O)n1. The molecule has 1 aromatic carbocycles. The van der Waals surface area contributed by atoms with Crippen molar-refractivity contribution in [2.45, 2.75) is 27.2 Å². The van der Waals surface area contributed by atoms with Gasteiger partial charge in [0.1, 0.15) is 5.75 Å². The number of phenolic OH excluding ortho intramolecular Hbond substituents is 1. The molecule has 0 radical (unpaired) electrons. The van der Waals surface area contributed by atoms with Crippen LogP contribution >= 0.6 is 15.9 Å². The fourth-order valence-corrected chi connectivity index (χ4v) is 1.94. The number of hydrogen-bond donors (Lipinski definition) is 1. The summed E-state index contributed by atoms with van der Waals surface area (Å²) in [6.45, 7) is 6.33. The van der Waals surface area contributed by atoms with E-state index in [1.54, 1.807) is 12.1 Å². The fraction of sp³-hybridized carbons (Fsp3) is 0.385. The first-order chi connectivity index (χ1) is 8.35. The van der Waals surface area contributed by atoms with E-state index in [9.17, 15) is 5.11 Å². The second-order valence-corrected chi connectivity index (χ2v) is 6.33. The lowest BCUT2D eigenvalue weighted by atomic mass is 9.92. The van der Waals surface area contributed by atoms with Crippen molar-refractivity contribution in [2.75, 3.05) is 0 Å². The minimum atomic E-state index is 0.100. The number of phenols is 1. The number of aromatic hydroxyl groups is 1. The Hall–Kier alpha value is -1.36. The molecule has 0 amide bonds. The van der Waals surface area contributed by atoms with Gasteiger partial charge in [0.15, 0.2) is 5.82 Å². The molecule has 0 bridgehead atoms. The maximum atomic E-state index is 9.83. The van der Waals surface area contributed by atoms with Crippen molar-refractivity contribution in [1.29, 1.82) is 0 Å². The van der Waals surface area contributed by atoms with Crippen LogP contribution < -0.4 is 0 Å². The summed E-state index contributed by atoms with van der Waals surface area (Å²) in [6, 6.07) is 5.17. The molecule has 5 heteroatoms. The summed E-state index contributed by atoms with van der Waals surface area (Å²) >= 11 is 3.29. The van der Waals surface area contributed by atoms with Gasteiger partial charge < -0.3 is 9.63 Å². The minimum absolute atomic E-state index is 0.100. The van der Waals surface area contributed by atoms with Gasteiger partial charge in [0.2, 0.25) is 0 Å². The summed E-state index contributed by atoms with van der Waals surface area (Å²) in [7, 11) is 0. The number of rotatable bonds is 2. The molecule has 1 aromatic heterocycles. The molecule has 2 aromatic rings. The Bertz CT molecular complexity index is 558. The molecule has 1 N–H and O–H groups in total. The molecule has 4 nitrogen and oxygen atoms in total. The summed E-state index contributed by atoms with van der Waals surface area (Å²) in [6.07, 6.45) is 0.730. The van der Waals surface area contributed by atoms with E-state index in [1.165, 1.54) is 0 Å². The molecular weight excluding hydrogens is 296 g/mol. The largest absolute Gasteiger partial charge is 0.507 e. The highest BCUT2D eigenvalue weighted by atomic mass is 79.9. The Morgan fingerprint density at radius 1 is 1.33 bits per heavy atom. The first-order valence-corrected chi connectivity index (χ1v) is 6.46. The number of aromatic nitrogens is 2. The van der Waals surface area contributed by atoms with Crippen molar-refractivity contribution in [3.05, 3.63) is 28.5 Å². The molecule has 0 aliphatic rings. The molecule has 0 spiro atoms. The van der Waals surface area contributed by atoms with Crippen LogP contribution in [0.4, 0.5) is 0 Å². The van der Waals surface area contributed by atoms with E-state index >= 15 is 0 Å². The zero-order chi connectivity index (χ0) is 13.3. The van der Waals surface area contributed by atoms with Gasteiger partial charge in [-0.05, 0) is 23.6 Å². The van der Waals surface area contributed by atoms with Crippen LogP contribution in [0.2, 0.25) is 0 Å². The third kappa shape index (κ3) is 3.10. The predicted octanol–water partition coefficient (Wildman–Crippen LogP) is 3.79. The van der Waals surface area contributed by atoms with Crippen LogP contribution in [0.25, 0.3) is 11.5 Å². The molecular formula is C13H15BrN2O2. The van der Waals surface area contributed by atoms with Gasteiger partial charge in [0, 0.05) is 10.9 Å². The van der Waals surface area contributed by atoms with Crippen molar-refractivity contribution >= 4 is 15.9 Å². The van der Waals surface area contributed by atoms with Crippen LogP contribution in [0, 0.1) is 5.41 Å².